The normalized spacial score (nSPS) is 13.5. The van der Waals surface area contributed by atoms with Gasteiger partial charge < -0.3 is 10.4 Å². The topological polar surface area (TPSA) is 66.4 Å². The van der Waals surface area contributed by atoms with Crippen LogP contribution >= 0.6 is 0 Å². The number of carboxylic acids is 1. The molecule has 0 bridgehead atoms. The fourth-order valence-corrected chi connectivity index (χ4v) is 1.93. The Morgan fingerprint density at radius 3 is 2.19 bits per heavy atom. The predicted molar refractivity (Wildman–Crippen MR) is 83.2 cm³/mol. The largest absolute Gasteiger partial charge is 0.481 e. The number of nitrogens with one attached hydrogen (secondary N) is 1. The van der Waals surface area contributed by atoms with Crippen LogP contribution in [0.2, 0.25) is 0 Å². The molecule has 0 aromatic heterocycles. The third-order valence-corrected chi connectivity index (χ3v) is 4.04. The van der Waals surface area contributed by atoms with Crippen LogP contribution in [0.4, 0.5) is 0 Å². The van der Waals surface area contributed by atoms with Gasteiger partial charge in [0.1, 0.15) is 0 Å². The van der Waals surface area contributed by atoms with Crippen LogP contribution in [-0.2, 0) is 22.4 Å². The molecule has 1 aromatic carbocycles. The van der Waals surface area contributed by atoms with E-state index in [0.717, 1.165) is 12.0 Å². The highest BCUT2D eigenvalue weighted by molar-refractivity contribution is 5.79. The Bertz CT molecular complexity index is 481. The molecule has 116 valence electrons. The van der Waals surface area contributed by atoms with E-state index in [1.165, 1.54) is 5.56 Å². The minimum absolute atomic E-state index is 0.101. The molecule has 0 saturated carbocycles. The van der Waals surface area contributed by atoms with Crippen LogP contribution in [0.25, 0.3) is 0 Å². The van der Waals surface area contributed by atoms with Crippen LogP contribution in [-0.4, -0.2) is 23.5 Å². The van der Waals surface area contributed by atoms with Crippen LogP contribution < -0.4 is 5.32 Å². The first-order chi connectivity index (χ1) is 9.91. The first-order valence-electron chi connectivity index (χ1n) is 7.49. The number of aliphatic carboxylic acids is 1. The molecule has 2 N–H and O–H groups in total. The van der Waals surface area contributed by atoms with Crippen LogP contribution in [0.3, 0.4) is 0 Å². The number of amides is 1. The van der Waals surface area contributed by atoms with Gasteiger partial charge in [-0.25, -0.2) is 0 Å². The zero-order valence-corrected chi connectivity index (χ0v) is 13.1. The number of aryl methyl sites for hydroxylation is 2. The summed E-state index contributed by atoms with van der Waals surface area (Å²) in [5.41, 5.74) is 1.51. The van der Waals surface area contributed by atoms with Crippen LogP contribution in [0, 0.1) is 5.41 Å². The molecule has 0 aliphatic carbocycles. The summed E-state index contributed by atoms with van der Waals surface area (Å²) in [7, 11) is 0. The summed E-state index contributed by atoms with van der Waals surface area (Å²) in [5, 5.41) is 11.9. The summed E-state index contributed by atoms with van der Waals surface area (Å²) < 4.78 is 0. The monoisotopic (exact) mass is 291 g/mol. The number of carbonyl (C=O) groups is 2. The summed E-state index contributed by atoms with van der Waals surface area (Å²) in [4.78, 5) is 23.0. The first-order valence-corrected chi connectivity index (χ1v) is 7.49. The van der Waals surface area contributed by atoms with Crippen LogP contribution in [0.5, 0.6) is 0 Å². The second-order valence-electron chi connectivity index (χ2n) is 5.67. The van der Waals surface area contributed by atoms with Crippen molar-refractivity contribution in [2.75, 3.05) is 6.54 Å². The van der Waals surface area contributed by atoms with Crippen LogP contribution in [0.15, 0.2) is 24.3 Å². The zero-order chi connectivity index (χ0) is 15.9. The summed E-state index contributed by atoms with van der Waals surface area (Å²) in [6.45, 7) is 5.75. The molecule has 0 fully saturated rings. The molecular weight excluding hydrogens is 266 g/mol. The number of benzene rings is 1. The van der Waals surface area contributed by atoms with Crippen molar-refractivity contribution in [3.8, 4) is 0 Å². The maximum absolute atomic E-state index is 11.8. The van der Waals surface area contributed by atoms with Crippen molar-refractivity contribution in [3.63, 3.8) is 0 Å². The Morgan fingerprint density at radius 1 is 1.14 bits per heavy atom. The highest BCUT2D eigenvalue weighted by Gasteiger charge is 2.31. The maximum Gasteiger partial charge on any atom is 0.311 e. The number of hydrogen-bond donors (Lipinski definition) is 2. The Balaban J connectivity index is 2.41. The van der Waals surface area contributed by atoms with Crippen molar-refractivity contribution >= 4 is 11.9 Å². The van der Waals surface area contributed by atoms with E-state index >= 15 is 0 Å². The first kappa shape index (κ1) is 17.2. The molecular formula is C17H25NO3. The smallest absolute Gasteiger partial charge is 0.311 e. The van der Waals surface area contributed by atoms with Crippen LogP contribution in [0.1, 0.15) is 44.7 Å². The molecule has 21 heavy (non-hydrogen) atoms. The molecule has 0 aliphatic rings. The molecule has 1 aromatic rings. The number of rotatable bonds is 8. The molecule has 1 amide bonds. The molecule has 0 spiro atoms. The van der Waals surface area contributed by atoms with Crippen molar-refractivity contribution in [2.24, 2.45) is 5.41 Å². The Labute approximate surface area is 126 Å². The van der Waals surface area contributed by atoms with Gasteiger partial charge in [-0.1, -0.05) is 38.1 Å². The van der Waals surface area contributed by atoms with Gasteiger partial charge in [-0.2, -0.15) is 0 Å². The Hall–Kier alpha value is -1.84. The average molecular weight is 291 g/mol. The quantitative estimate of drug-likeness (QED) is 0.774. The van der Waals surface area contributed by atoms with Crippen molar-refractivity contribution in [3.05, 3.63) is 35.4 Å². The lowest BCUT2D eigenvalue weighted by Crippen LogP contribution is -2.40. The number of carbonyl (C=O) groups excluding carboxylic acids is 1. The van der Waals surface area contributed by atoms with Gasteiger partial charge in [0.15, 0.2) is 0 Å². The molecule has 4 heteroatoms. The van der Waals surface area contributed by atoms with Gasteiger partial charge in [0.2, 0.25) is 5.91 Å². The molecule has 1 unspecified atom stereocenters. The molecule has 1 rings (SSSR count). The van der Waals surface area contributed by atoms with Crippen molar-refractivity contribution < 1.29 is 14.7 Å². The molecule has 4 nitrogen and oxygen atoms in total. The van der Waals surface area contributed by atoms with E-state index in [-0.39, 0.29) is 12.5 Å². The molecule has 0 saturated heterocycles. The minimum atomic E-state index is -0.890. The molecule has 0 radical (unpaired) electrons. The summed E-state index contributed by atoms with van der Waals surface area (Å²) in [5.74, 6) is -0.976. The lowest BCUT2D eigenvalue weighted by molar-refractivity contribution is -0.148. The summed E-state index contributed by atoms with van der Waals surface area (Å²) in [6, 6.07) is 8.23. The Kier molecular flexibility index (Phi) is 6.40. The van der Waals surface area contributed by atoms with Gasteiger partial charge in [0.25, 0.3) is 0 Å². The third kappa shape index (κ3) is 5.21. The predicted octanol–water partition coefficient (Wildman–Crippen LogP) is 2.80. The number of hydrogen-bond acceptors (Lipinski definition) is 2. The van der Waals surface area contributed by atoms with Crippen molar-refractivity contribution in [2.45, 2.75) is 46.5 Å². The Morgan fingerprint density at radius 2 is 1.71 bits per heavy atom. The van der Waals surface area contributed by atoms with Gasteiger partial charge in [0.05, 0.1) is 5.41 Å². The standard InChI is InChI=1S/C17H25NO3/c1-4-13-6-8-14(9-7-13)10-11-15(19)18-12-17(3,5-2)16(20)21/h6-9H,4-5,10-12H2,1-3H3,(H,18,19)(H,20,21). The summed E-state index contributed by atoms with van der Waals surface area (Å²) in [6.07, 6.45) is 2.54. The fourth-order valence-electron chi connectivity index (χ4n) is 1.93. The molecule has 0 aliphatic heterocycles. The highest BCUT2D eigenvalue weighted by Crippen LogP contribution is 2.19. The minimum Gasteiger partial charge on any atom is -0.481 e. The van der Waals surface area contributed by atoms with Gasteiger partial charge in [-0.05, 0) is 37.3 Å². The maximum atomic E-state index is 11.8. The molecule has 0 heterocycles. The van der Waals surface area contributed by atoms with Gasteiger partial charge in [0, 0.05) is 13.0 Å². The fraction of sp³-hybridized carbons (Fsp3) is 0.529. The lowest BCUT2D eigenvalue weighted by atomic mass is 9.87. The van der Waals surface area contributed by atoms with E-state index in [2.05, 4.69) is 24.4 Å². The number of carboxylic acid groups (broad SMARTS) is 1. The lowest BCUT2D eigenvalue weighted by Gasteiger charge is -2.23. The van der Waals surface area contributed by atoms with E-state index in [0.29, 0.717) is 19.3 Å². The SMILES string of the molecule is CCc1ccc(CCC(=O)NCC(C)(CC)C(=O)O)cc1. The van der Waals surface area contributed by atoms with Gasteiger partial charge in [-0.3, -0.25) is 9.59 Å². The summed E-state index contributed by atoms with van der Waals surface area (Å²) >= 11 is 0. The average Bonchev–Trinajstić information content (AvgIpc) is 2.50. The second kappa shape index (κ2) is 7.81. The van der Waals surface area contributed by atoms with E-state index in [1.54, 1.807) is 6.92 Å². The van der Waals surface area contributed by atoms with E-state index in [1.807, 2.05) is 19.1 Å². The highest BCUT2D eigenvalue weighted by atomic mass is 16.4. The van der Waals surface area contributed by atoms with E-state index < -0.39 is 11.4 Å². The third-order valence-electron chi connectivity index (χ3n) is 4.04. The molecule has 1 atom stereocenters. The van der Waals surface area contributed by atoms with Crippen molar-refractivity contribution in [1.82, 2.24) is 5.32 Å². The van der Waals surface area contributed by atoms with E-state index in [4.69, 9.17) is 5.11 Å². The van der Waals surface area contributed by atoms with E-state index in [9.17, 15) is 9.59 Å². The van der Waals surface area contributed by atoms with Gasteiger partial charge >= 0.3 is 5.97 Å². The second-order valence-corrected chi connectivity index (χ2v) is 5.67. The van der Waals surface area contributed by atoms with Crippen molar-refractivity contribution in [1.29, 1.82) is 0 Å². The zero-order valence-electron chi connectivity index (χ0n) is 13.1. The van der Waals surface area contributed by atoms with Gasteiger partial charge in [-0.15, -0.1) is 0 Å².